The van der Waals surface area contributed by atoms with E-state index >= 15 is 0 Å². The van der Waals surface area contributed by atoms with Crippen LogP contribution in [0.4, 0.5) is 5.69 Å². The third kappa shape index (κ3) is 7.84. The standard InChI is InChI=1S/C29H33BrClN3O4S/c1-5-15-32-29(36)22(4)33(18-23-7-6-8-24(30)16-23)28(35)19-34(25-12-11-21(3)27(31)17-25)39(37,38)26-13-9-20(2)10-14-26/h6-14,16-17,22H,5,15,18-19H2,1-4H3,(H,32,36)/t22-/m0/s1. The molecule has 10 heteroatoms. The molecule has 0 heterocycles. The van der Waals surface area contributed by atoms with E-state index < -0.39 is 28.5 Å². The highest BCUT2D eigenvalue weighted by molar-refractivity contribution is 9.10. The summed E-state index contributed by atoms with van der Waals surface area (Å²) in [5, 5.41) is 3.21. The second kappa shape index (κ2) is 13.5. The first-order valence-corrected chi connectivity index (χ1v) is 15.2. The maximum Gasteiger partial charge on any atom is 0.264 e. The van der Waals surface area contributed by atoms with Gasteiger partial charge in [-0.25, -0.2) is 8.42 Å². The van der Waals surface area contributed by atoms with E-state index in [9.17, 15) is 18.0 Å². The minimum atomic E-state index is -4.15. The number of aryl methyl sites for hydroxylation is 2. The highest BCUT2D eigenvalue weighted by Gasteiger charge is 2.32. The Morgan fingerprint density at radius 3 is 2.33 bits per heavy atom. The molecule has 0 saturated carbocycles. The Balaban J connectivity index is 2.04. The van der Waals surface area contributed by atoms with Gasteiger partial charge in [-0.2, -0.15) is 0 Å². The SMILES string of the molecule is CCCNC(=O)[C@H](C)N(Cc1cccc(Br)c1)C(=O)CN(c1ccc(C)c(Cl)c1)S(=O)(=O)c1ccc(C)cc1. The average Bonchev–Trinajstić information content (AvgIpc) is 2.90. The molecule has 1 N–H and O–H groups in total. The van der Waals surface area contributed by atoms with Crippen molar-refractivity contribution in [2.24, 2.45) is 0 Å². The van der Waals surface area contributed by atoms with E-state index in [0.717, 1.165) is 31.9 Å². The fraction of sp³-hybridized carbons (Fsp3) is 0.310. The summed E-state index contributed by atoms with van der Waals surface area (Å²) in [5.41, 5.74) is 2.73. The summed E-state index contributed by atoms with van der Waals surface area (Å²) in [7, 11) is -4.15. The lowest BCUT2D eigenvalue weighted by atomic mass is 10.1. The summed E-state index contributed by atoms with van der Waals surface area (Å²) < 4.78 is 29.6. The van der Waals surface area contributed by atoms with Crippen molar-refractivity contribution >= 4 is 55.1 Å². The van der Waals surface area contributed by atoms with Crippen LogP contribution in [-0.2, 0) is 26.2 Å². The van der Waals surface area contributed by atoms with Crippen molar-refractivity contribution in [3.05, 3.63) is 92.9 Å². The van der Waals surface area contributed by atoms with E-state index in [1.807, 2.05) is 45.0 Å². The molecule has 0 aromatic heterocycles. The lowest BCUT2D eigenvalue weighted by Crippen LogP contribution is -2.51. The second-order valence-electron chi connectivity index (χ2n) is 9.38. The van der Waals surface area contributed by atoms with Crippen LogP contribution in [0.25, 0.3) is 0 Å². The van der Waals surface area contributed by atoms with Gasteiger partial charge in [0.15, 0.2) is 0 Å². The summed E-state index contributed by atoms with van der Waals surface area (Å²) in [5.74, 6) is -0.840. The molecule has 208 valence electrons. The van der Waals surface area contributed by atoms with Gasteiger partial charge in [-0.1, -0.05) is 70.3 Å². The Bertz CT molecular complexity index is 1430. The largest absolute Gasteiger partial charge is 0.354 e. The maximum absolute atomic E-state index is 13.9. The lowest BCUT2D eigenvalue weighted by molar-refractivity contribution is -0.139. The van der Waals surface area contributed by atoms with Crippen LogP contribution < -0.4 is 9.62 Å². The van der Waals surface area contributed by atoms with Crippen molar-refractivity contribution in [1.82, 2.24) is 10.2 Å². The van der Waals surface area contributed by atoms with Gasteiger partial charge in [0.25, 0.3) is 10.0 Å². The number of carbonyl (C=O) groups excluding carboxylic acids is 2. The zero-order valence-electron chi connectivity index (χ0n) is 22.4. The van der Waals surface area contributed by atoms with E-state index in [0.29, 0.717) is 11.6 Å². The van der Waals surface area contributed by atoms with Crippen LogP contribution in [0.3, 0.4) is 0 Å². The number of rotatable bonds is 11. The van der Waals surface area contributed by atoms with E-state index in [-0.39, 0.29) is 23.0 Å². The van der Waals surface area contributed by atoms with Gasteiger partial charge in [-0.05, 0) is 74.7 Å². The molecule has 3 rings (SSSR count). The molecular weight excluding hydrogens is 602 g/mol. The van der Waals surface area contributed by atoms with E-state index in [4.69, 9.17) is 11.6 Å². The summed E-state index contributed by atoms with van der Waals surface area (Å²) in [6.45, 7) is 7.33. The van der Waals surface area contributed by atoms with Gasteiger partial charge >= 0.3 is 0 Å². The topological polar surface area (TPSA) is 86.8 Å². The fourth-order valence-corrected chi connectivity index (χ4v) is 5.94. The molecule has 0 aliphatic rings. The highest BCUT2D eigenvalue weighted by atomic mass is 79.9. The number of hydrogen-bond acceptors (Lipinski definition) is 4. The molecule has 3 aromatic rings. The Morgan fingerprint density at radius 2 is 1.72 bits per heavy atom. The third-order valence-corrected chi connectivity index (χ3v) is 8.98. The van der Waals surface area contributed by atoms with Crippen LogP contribution in [0.2, 0.25) is 5.02 Å². The molecule has 0 spiro atoms. The number of benzene rings is 3. The Morgan fingerprint density at radius 1 is 1.03 bits per heavy atom. The highest BCUT2D eigenvalue weighted by Crippen LogP contribution is 2.29. The van der Waals surface area contributed by atoms with Crippen LogP contribution in [-0.4, -0.2) is 44.3 Å². The van der Waals surface area contributed by atoms with Crippen LogP contribution in [0.15, 0.2) is 76.1 Å². The summed E-state index contributed by atoms with van der Waals surface area (Å²) in [4.78, 5) is 28.3. The van der Waals surface area contributed by atoms with Crippen molar-refractivity contribution in [2.75, 3.05) is 17.4 Å². The minimum Gasteiger partial charge on any atom is -0.354 e. The first kappa shape index (κ1) is 30.7. The number of sulfonamides is 1. The van der Waals surface area contributed by atoms with Crippen molar-refractivity contribution in [3.63, 3.8) is 0 Å². The first-order chi connectivity index (χ1) is 18.4. The van der Waals surface area contributed by atoms with Crippen molar-refractivity contribution in [1.29, 1.82) is 0 Å². The molecule has 39 heavy (non-hydrogen) atoms. The molecule has 7 nitrogen and oxygen atoms in total. The normalized spacial score (nSPS) is 12.1. The molecule has 0 unspecified atom stereocenters. The Labute approximate surface area is 244 Å². The zero-order valence-corrected chi connectivity index (χ0v) is 25.6. The molecule has 3 aromatic carbocycles. The number of halogens is 2. The number of carbonyl (C=O) groups is 2. The number of nitrogens with one attached hydrogen (secondary N) is 1. The molecule has 0 saturated heterocycles. The maximum atomic E-state index is 13.9. The van der Waals surface area contributed by atoms with Gasteiger partial charge in [-0.15, -0.1) is 0 Å². The minimum absolute atomic E-state index is 0.0462. The van der Waals surface area contributed by atoms with Crippen molar-refractivity contribution in [3.8, 4) is 0 Å². The van der Waals surface area contributed by atoms with Crippen LogP contribution in [0.5, 0.6) is 0 Å². The number of amides is 2. The Kier molecular flexibility index (Phi) is 10.6. The molecule has 0 aliphatic carbocycles. The molecule has 0 bridgehead atoms. The predicted molar refractivity (Wildman–Crippen MR) is 159 cm³/mol. The van der Waals surface area contributed by atoms with Crippen molar-refractivity contribution < 1.29 is 18.0 Å². The van der Waals surface area contributed by atoms with Crippen LogP contribution >= 0.6 is 27.5 Å². The van der Waals surface area contributed by atoms with Gasteiger partial charge in [0, 0.05) is 22.6 Å². The average molecular weight is 635 g/mol. The summed E-state index contributed by atoms with van der Waals surface area (Å²) in [6.07, 6.45) is 0.745. The van der Waals surface area contributed by atoms with E-state index in [2.05, 4.69) is 21.2 Å². The summed E-state index contributed by atoms with van der Waals surface area (Å²) >= 11 is 9.81. The fourth-order valence-electron chi connectivity index (χ4n) is 3.91. The monoisotopic (exact) mass is 633 g/mol. The number of nitrogens with zero attached hydrogens (tertiary/aromatic N) is 2. The summed E-state index contributed by atoms with van der Waals surface area (Å²) in [6, 6.07) is 17.9. The van der Waals surface area contributed by atoms with Gasteiger partial charge in [-0.3, -0.25) is 13.9 Å². The lowest BCUT2D eigenvalue weighted by Gasteiger charge is -2.32. The van der Waals surface area contributed by atoms with Crippen LogP contribution in [0.1, 0.15) is 37.0 Å². The smallest absolute Gasteiger partial charge is 0.264 e. The number of hydrogen-bond donors (Lipinski definition) is 1. The molecule has 0 radical (unpaired) electrons. The number of anilines is 1. The van der Waals surface area contributed by atoms with Gasteiger partial charge in [0.05, 0.1) is 10.6 Å². The molecule has 2 amide bonds. The van der Waals surface area contributed by atoms with Crippen LogP contribution in [0, 0.1) is 13.8 Å². The van der Waals surface area contributed by atoms with Crippen molar-refractivity contribution in [2.45, 2.75) is 51.6 Å². The molecular formula is C29H33BrClN3O4S. The third-order valence-electron chi connectivity index (χ3n) is 6.29. The quantitative estimate of drug-likeness (QED) is 0.286. The molecule has 0 aliphatic heterocycles. The van der Waals surface area contributed by atoms with Gasteiger partial charge in [0.1, 0.15) is 12.6 Å². The molecule has 0 fully saturated rings. The van der Waals surface area contributed by atoms with E-state index in [1.54, 1.807) is 31.2 Å². The van der Waals surface area contributed by atoms with Gasteiger partial charge < -0.3 is 10.2 Å². The first-order valence-electron chi connectivity index (χ1n) is 12.6. The Hall–Kier alpha value is -2.88. The zero-order chi connectivity index (χ0) is 28.7. The van der Waals surface area contributed by atoms with Gasteiger partial charge in [0.2, 0.25) is 11.8 Å². The molecule has 1 atom stereocenters. The van der Waals surface area contributed by atoms with E-state index in [1.165, 1.54) is 23.1 Å². The predicted octanol–water partition coefficient (Wildman–Crippen LogP) is 5.86. The second-order valence-corrected chi connectivity index (χ2v) is 12.6.